The van der Waals surface area contributed by atoms with Crippen LogP contribution in [0.15, 0.2) is 60.7 Å². The van der Waals surface area contributed by atoms with Crippen molar-refractivity contribution >= 4 is 11.7 Å². The van der Waals surface area contributed by atoms with E-state index in [1.165, 1.54) is 5.56 Å². The Balaban J connectivity index is 1.93. The molecule has 22 heavy (non-hydrogen) atoms. The Labute approximate surface area is 132 Å². The second-order valence-electron chi connectivity index (χ2n) is 5.71. The van der Waals surface area contributed by atoms with E-state index in [9.17, 15) is 4.79 Å². The first kappa shape index (κ1) is 14.6. The van der Waals surface area contributed by atoms with E-state index in [0.29, 0.717) is 0 Å². The molecule has 0 spiro atoms. The summed E-state index contributed by atoms with van der Waals surface area (Å²) >= 11 is 0. The van der Waals surface area contributed by atoms with Gasteiger partial charge in [-0.1, -0.05) is 61.9 Å². The van der Waals surface area contributed by atoms with Gasteiger partial charge >= 0.3 is 6.03 Å². The van der Waals surface area contributed by atoms with E-state index >= 15 is 0 Å². The topological polar surface area (TPSA) is 23.6 Å². The lowest BCUT2D eigenvalue weighted by molar-refractivity contribution is 0.220. The first-order valence-corrected chi connectivity index (χ1v) is 7.99. The summed E-state index contributed by atoms with van der Waals surface area (Å²) in [6, 6.07) is 20.5. The van der Waals surface area contributed by atoms with Gasteiger partial charge in [0.2, 0.25) is 0 Å². The van der Waals surface area contributed by atoms with Crippen molar-refractivity contribution in [1.29, 1.82) is 0 Å². The van der Waals surface area contributed by atoms with Crippen molar-refractivity contribution in [2.45, 2.75) is 25.8 Å². The van der Waals surface area contributed by atoms with Crippen LogP contribution in [0.5, 0.6) is 0 Å². The predicted octanol–water partition coefficient (Wildman–Crippen LogP) is 4.47. The minimum absolute atomic E-state index is 0.0907. The fourth-order valence-corrected chi connectivity index (χ4v) is 3.00. The normalized spacial score (nSPS) is 18.0. The van der Waals surface area contributed by atoms with Gasteiger partial charge in [-0.2, -0.15) is 0 Å². The molecule has 0 aromatic heterocycles. The average Bonchev–Trinajstić information content (AvgIpc) is 2.91. The quantitative estimate of drug-likeness (QED) is 0.798. The molecule has 1 aliphatic heterocycles. The molecular weight excluding hydrogens is 272 g/mol. The number of carbonyl (C=O) groups excluding carboxylic acids is 1. The Morgan fingerprint density at radius 2 is 1.64 bits per heavy atom. The molecule has 0 unspecified atom stereocenters. The van der Waals surface area contributed by atoms with Crippen LogP contribution in [-0.2, 0) is 0 Å². The van der Waals surface area contributed by atoms with E-state index in [4.69, 9.17) is 0 Å². The molecule has 2 aromatic carbocycles. The average molecular weight is 294 g/mol. The van der Waals surface area contributed by atoms with Gasteiger partial charge in [0.1, 0.15) is 0 Å². The molecule has 1 heterocycles. The number of hydrogen-bond acceptors (Lipinski definition) is 1. The van der Waals surface area contributed by atoms with Crippen LogP contribution < -0.4 is 4.90 Å². The highest BCUT2D eigenvalue weighted by molar-refractivity contribution is 5.95. The molecule has 2 aromatic rings. The second kappa shape index (κ2) is 6.65. The van der Waals surface area contributed by atoms with Gasteiger partial charge in [0.25, 0.3) is 0 Å². The molecule has 0 aliphatic carbocycles. The molecular formula is C19H22N2O. The standard InChI is InChI=1S/C19H22N2O/c1-2-3-14-20-15-18(16-10-6-4-7-11-16)21(19(20)22)17-12-8-5-9-13-17/h4-13,18H,2-3,14-15H2,1H3/t18-/m1/s1. The fraction of sp³-hybridized carbons (Fsp3) is 0.316. The van der Waals surface area contributed by atoms with Gasteiger partial charge in [-0.3, -0.25) is 4.90 Å². The molecule has 0 N–H and O–H groups in total. The third kappa shape index (κ3) is 2.84. The van der Waals surface area contributed by atoms with Crippen LogP contribution in [-0.4, -0.2) is 24.0 Å². The zero-order valence-electron chi connectivity index (χ0n) is 13.0. The molecule has 1 fully saturated rings. The maximum atomic E-state index is 12.8. The Kier molecular flexibility index (Phi) is 4.42. The third-order valence-electron chi connectivity index (χ3n) is 4.18. The van der Waals surface area contributed by atoms with E-state index in [-0.39, 0.29) is 12.1 Å². The van der Waals surface area contributed by atoms with Crippen LogP contribution in [0.25, 0.3) is 0 Å². The minimum atomic E-state index is 0.0907. The zero-order valence-corrected chi connectivity index (χ0v) is 13.0. The van der Waals surface area contributed by atoms with Gasteiger partial charge in [0, 0.05) is 18.8 Å². The smallest absolute Gasteiger partial charge is 0.322 e. The summed E-state index contributed by atoms with van der Waals surface area (Å²) in [5.41, 5.74) is 2.17. The van der Waals surface area contributed by atoms with Crippen molar-refractivity contribution in [2.75, 3.05) is 18.0 Å². The number of rotatable bonds is 5. The molecule has 0 saturated carbocycles. The lowest BCUT2D eigenvalue weighted by atomic mass is 10.1. The van der Waals surface area contributed by atoms with Crippen molar-refractivity contribution in [1.82, 2.24) is 4.90 Å². The molecule has 114 valence electrons. The first-order valence-electron chi connectivity index (χ1n) is 7.99. The number of para-hydroxylation sites is 1. The SMILES string of the molecule is CCCCN1C[C@H](c2ccccc2)N(c2ccccc2)C1=O. The summed E-state index contributed by atoms with van der Waals surface area (Å²) in [7, 11) is 0. The molecule has 3 heteroatoms. The van der Waals surface area contributed by atoms with Crippen LogP contribution in [0.4, 0.5) is 10.5 Å². The minimum Gasteiger partial charge on any atom is -0.322 e. The molecule has 3 rings (SSSR count). The number of hydrogen-bond donors (Lipinski definition) is 0. The van der Waals surface area contributed by atoms with E-state index in [0.717, 1.165) is 31.6 Å². The third-order valence-corrected chi connectivity index (χ3v) is 4.18. The lowest BCUT2D eigenvalue weighted by Gasteiger charge is -2.23. The zero-order chi connectivity index (χ0) is 15.4. The van der Waals surface area contributed by atoms with Crippen molar-refractivity contribution in [3.05, 3.63) is 66.2 Å². The van der Waals surface area contributed by atoms with E-state index in [1.54, 1.807) is 0 Å². The molecule has 0 bridgehead atoms. The Hall–Kier alpha value is -2.29. The number of urea groups is 1. The van der Waals surface area contributed by atoms with E-state index in [1.807, 2.05) is 58.3 Å². The highest BCUT2D eigenvalue weighted by atomic mass is 16.2. The van der Waals surface area contributed by atoms with E-state index in [2.05, 4.69) is 19.1 Å². The summed E-state index contributed by atoms with van der Waals surface area (Å²) in [5, 5.41) is 0. The summed E-state index contributed by atoms with van der Waals surface area (Å²) in [6.45, 7) is 3.75. The Morgan fingerprint density at radius 1 is 1.00 bits per heavy atom. The predicted molar refractivity (Wildman–Crippen MR) is 90.0 cm³/mol. The highest BCUT2D eigenvalue weighted by Gasteiger charge is 2.38. The molecule has 2 amide bonds. The fourth-order valence-electron chi connectivity index (χ4n) is 3.00. The molecule has 1 aliphatic rings. The monoisotopic (exact) mass is 294 g/mol. The Morgan fingerprint density at radius 3 is 2.27 bits per heavy atom. The summed E-state index contributed by atoms with van der Waals surface area (Å²) in [6.07, 6.45) is 2.15. The molecule has 1 atom stereocenters. The number of unbranched alkanes of at least 4 members (excludes halogenated alkanes) is 1. The van der Waals surface area contributed by atoms with Crippen LogP contribution in [0, 0.1) is 0 Å². The molecule has 1 saturated heterocycles. The van der Waals surface area contributed by atoms with E-state index < -0.39 is 0 Å². The van der Waals surface area contributed by atoms with Crippen molar-refractivity contribution in [3.63, 3.8) is 0 Å². The number of amides is 2. The highest BCUT2D eigenvalue weighted by Crippen LogP contribution is 2.34. The van der Waals surface area contributed by atoms with Gasteiger partial charge in [-0.25, -0.2) is 4.79 Å². The van der Waals surface area contributed by atoms with Gasteiger partial charge in [-0.05, 0) is 24.1 Å². The second-order valence-corrected chi connectivity index (χ2v) is 5.71. The number of benzene rings is 2. The van der Waals surface area contributed by atoms with Gasteiger partial charge in [0.05, 0.1) is 6.04 Å². The summed E-state index contributed by atoms with van der Waals surface area (Å²) < 4.78 is 0. The largest absolute Gasteiger partial charge is 0.325 e. The molecule has 3 nitrogen and oxygen atoms in total. The van der Waals surface area contributed by atoms with Crippen LogP contribution >= 0.6 is 0 Å². The first-order chi connectivity index (χ1) is 10.8. The molecule has 0 radical (unpaired) electrons. The van der Waals surface area contributed by atoms with Gasteiger partial charge in [0.15, 0.2) is 0 Å². The maximum absolute atomic E-state index is 12.8. The van der Waals surface area contributed by atoms with Crippen molar-refractivity contribution in [3.8, 4) is 0 Å². The van der Waals surface area contributed by atoms with Crippen LogP contribution in [0.1, 0.15) is 31.4 Å². The summed E-state index contributed by atoms with van der Waals surface area (Å²) in [5.74, 6) is 0. The van der Waals surface area contributed by atoms with Crippen LogP contribution in [0.2, 0.25) is 0 Å². The van der Waals surface area contributed by atoms with Crippen LogP contribution in [0.3, 0.4) is 0 Å². The number of anilines is 1. The number of carbonyl (C=O) groups is 1. The summed E-state index contributed by atoms with van der Waals surface area (Å²) in [4.78, 5) is 16.8. The van der Waals surface area contributed by atoms with Crippen molar-refractivity contribution in [2.24, 2.45) is 0 Å². The van der Waals surface area contributed by atoms with Gasteiger partial charge < -0.3 is 4.90 Å². The number of nitrogens with zero attached hydrogens (tertiary/aromatic N) is 2. The lowest BCUT2D eigenvalue weighted by Crippen LogP contribution is -2.32. The maximum Gasteiger partial charge on any atom is 0.325 e. The van der Waals surface area contributed by atoms with Crippen molar-refractivity contribution < 1.29 is 4.79 Å². The Bertz CT molecular complexity index is 612. The van der Waals surface area contributed by atoms with Gasteiger partial charge in [-0.15, -0.1) is 0 Å².